The average molecular weight is 420 g/mol. The number of rotatable bonds is 4. The summed E-state index contributed by atoms with van der Waals surface area (Å²) in [6.45, 7) is 0. The number of hydrogen-bond acceptors (Lipinski definition) is 4. The van der Waals surface area contributed by atoms with Crippen LogP contribution < -0.4 is 10.1 Å². The molecule has 0 heterocycles. The van der Waals surface area contributed by atoms with Crippen molar-refractivity contribution in [2.75, 3.05) is 12.4 Å². The Morgan fingerprint density at radius 2 is 2.09 bits per heavy atom. The largest absolute Gasteiger partial charge is 0.504 e. The molecule has 0 spiro atoms. The Bertz CT molecular complexity index is 810. The van der Waals surface area contributed by atoms with E-state index in [9.17, 15) is 15.2 Å². The summed E-state index contributed by atoms with van der Waals surface area (Å²) >= 11 is 2.10. The van der Waals surface area contributed by atoms with Crippen molar-refractivity contribution in [3.8, 4) is 17.6 Å². The minimum absolute atomic E-state index is 0.0587. The topological polar surface area (TPSA) is 82.3 Å². The number of aromatic hydroxyl groups is 1. The molecule has 0 aliphatic heterocycles. The van der Waals surface area contributed by atoms with Gasteiger partial charge >= 0.3 is 0 Å². The van der Waals surface area contributed by atoms with Gasteiger partial charge in [0.2, 0.25) is 0 Å². The van der Waals surface area contributed by atoms with Crippen LogP contribution in [0.4, 0.5) is 5.69 Å². The smallest absolute Gasteiger partial charge is 0.266 e. The number of amides is 1. The molecule has 2 aromatic rings. The molecule has 0 saturated heterocycles. The second kappa shape index (κ2) is 7.65. The van der Waals surface area contributed by atoms with Crippen LogP contribution >= 0.6 is 22.6 Å². The molecule has 2 rings (SSSR count). The van der Waals surface area contributed by atoms with E-state index < -0.39 is 5.91 Å². The summed E-state index contributed by atoms with van der Waals surface area (Å²) in [6, 6.07) is 13.8. The third-order valence-electron chi connectivity index (χ3n) is 3.00. The fourth-order valence-electron chi connectivity index (χ4n) is 1.86. The van der Waals surface area contributed by atoms with Crippen molar-refractivity contribution in [2.24, 2.45) is 0 Å². The summed E-state index contributed by atoms with van der Waals surface area (Å²) in [6.07, 6.45) is 1.41. The molecule has 2 aromatic carbocycles. The summed E-state index contributed by atoms with van der Waals surface area (Å²) in [4.78, 5) is 12.2. The van der Waals surface area contributed by atoms with Crippen molar-refractivity contribution in [2.45, 2.75) is 0 Å². The number of hydrogen-bond donors (Lipinski definition) is 2. The molecule has 0 saturated carbocycles. The second-order valence-electron chi connectivity index (χ2n) is 4.54. The number of halogens is 1. The molecule has 0 bridgehead atoms. The van der Waals surface area contributed by atoms with Crippen LogP contribution in [0.3, 0.4) is 0 Å². The van der Waals surface area contributed by atoms with Gasteiger partial charge in [-0.25, -0.2) is 0 Å². The van der Waals surface area contributed by atoms with Crippen molar-refractivity contribution in [3.63, 3.8) is 0 Å². The number of ether oxygens (including phenoxy) is 1. The van der Waals surface area contributed by atoms with Crippen molar-refractivity contribution in [1.82, 2.24) is 0 Å². The molecule has 0 radical (unpaired) electrons. The van der Waals surface area contributed by atoms with E-state index in [2.05, 4.69) is 27.9 Å². The Kier molecular flexibility index (Phi) is 5.60. The molecule has 0 aromatic heterocycles. The number of methoxy groups -OCH3 is 1. The van der Waals surface area contributed by atoms with E-state index in [1.54, 1.807) is 24.3 Å². The van der Waals surface area contributed by atoms with Gasteiger partial charge in [-0.05, 0) is 58.5 Å². The minimum Gasteiger partial charge on any atom is -0.504 e. The standard InChI is InChI=1S/C17H13IN2O3/c1-23-16-7-6-11(9-15(16)21)8-12(10-19)17(22)20-14-5-3-2-4-13(14)18/h2-9,21H,1H3,(H,20,22)/b12-8-. The molecule has 0 aliphatic carbocycles. The summed E-state index contributed by atoms with van der Waals surface area (Å²) in [5.41, 5.74) is 1.10. The van der Waals surface area contributed by atoms with Gasteiger partial charge in [-0.15, -0.1) is 0 Å². The fraction of sp³-hybridized carbons (Fsp3) is 0.0588. The van der Waals surface area contributed by atoms with E-state index in [1.807, 2.05) is 18.2 Å². The van der Waals surface area contributed by atoms with Crippen LogP contribution in [0.5, 0.6) is 11.5 Å². The summed E-state index contributed by atoms with van der Waals surface area (Å²) in [5, 5.41) is 21.6. The molecule has 2 N–H and O–H groups in total. The predicted molar refractivity (Wildman–Crippen MR) is 96.0 cm³/mol. The first-order valence-electron chi connectivity index (χ1n) is 6.60. The van der Waals surface area contributed by atoms with Crippen LogP contribution in [-0.2, 0) is 4.79 Å². The van der Waals surface area contributed by atoms with E-state index >= 15 is 0 Å². The van der Waals surface area contributed by atoms with E-state index in [1.165, 1.54) is 19.3 Å². The van der Waals surface area contributed by atoms with E-state index in [-0.39, 0.29) is 11.3 Å². The highest BCUT2D eigenvalue weighted by Crippen LogP contribution is 2.27. The Morgan fingerprint density at radius 3 is 2.70 bits per heavy atom. The molecule has 1 amide bonds. The molecule has 0 aliphatic rings. The molecule has 23 heavy (non-hydrogen) atoms. The highest BCUT2D eigenvalue weighted by Gasteiger charge is 2.11. The maximum atomic E-state index is 12.2. The van der Waals surface area contributed by atoms with Gasteiger partial charge in [0.05, 0.1) is 12.8 Å². The van der Waals surface area contributed by atoms with Gasteiger partial charge in [0.15, 0.2) is 11.5 Å². The van der Waals surface area contributed by atoms with Gasteiger partial charge in [0.25, 0.3) is 5.91 Å². The molecule has 0 fully saturated rings. The third-order valence-corrected chi connectivity index (χ3v) is 3.94. The summed E-state index contributed by atoms with van der Waals surface area (Å²) < 4.78 is 5.83. The van der Waals surface area contributed by atoms with Gasteiger partial charge in [-0.1, -0.05) is 18.2 Å². The minimum atomic E-state index is -0.507. The highest BCUT2D eigenvalue weighted by molar-refractivity contribution is 14.1. The van der Waals surface area contributed by atoms with Gasteiger partial charge in [-0.2, -0.15) is 5.26 Å². The van der Waals surface area contributed by atoms with Crippen LogP contribution in [0.2, 0.25) is 0 Å². The second-order valence-corrected chi connectivity index (χ2v) is 5.70. The molecular formula is C17H13IN2O3. The lowest BCUT2D eigenvalue weighted by Gasteiger charge is -2.07. The molecular weight excluding hydrogens is 407 g/mol. The van der Waals surface area contributed by atoms with Crippen molar-refractivity contribution in [1.29, 1.82) is 5.26 Å². The first-order valence-corrected chi connectivity index (χ1v) is 7.67. The zero-order chi connectivity index (χ0) is 16.8. The first kappa shape index (κ1) is 16.8. The van der Waals surface area contributed by atoms with Crippen LogP contribution in [0, 0.1) is 14.9 Å². The number of phenols is 1. The number of carbonyl (C=O) groups is 1. The summed E-state index contributed by atoms with van der Waals surface area (Å²) in [5.74, 6) is -0.243. The van der Waals surface area contributed by atoms with Crippen LogP contribution in [0.1, 0.15) is 5.56 Å². The quantitative estimate of drug-likeness (QED) is 0.450. The van der Waals surface area contributed by atoms with E-state index in [0.717, 1.165) is 3.57 Å². The molecule has 5 nitrogen and oxygen atoms in total. The Morgan fingerprint density at radius 1 is 1.35 bits per heavy atom. The lowest BCUT2D eigenvalue weighted by molar-refractivity contribution is -0.112. The number of carbonyl (C=O) groups excluding carboxylic acids is 1. The lowest BCUT2D eigenvalue weighted by atomic mass is 10.1. The first-order chi connectivity index (χ1) is 11.0. The maximum Gasteiger partial charge on any atom is 0.266 e. The average Bonchev–Trinajstić information content (AvgIpc) is 2.54. The normalized spacial score (nSPS) is 10.7. The van der Waals surface area contributed by atoms with E-state index in [0.29, 0.717) is 17.0 Å². The Labute approximate surface area is 147 Å². The fourth-order valence-corrected chi connectivity index (χ4v) is 2.39. The molecule has 6 heteroatoms. The monoisotopic (exact) mass is 420 g/mol. The van der Waals surface area contributed by atoms with Crippen molar-refractivity contribution in [3.05, 3.63) is 57.2 Å². The zero-order valence-electron chi connectivity index (χ0n) is 12.2. The number of nitrogens with zero attached hydrogens (tertiary/aromatic N) is 1. The van der Waals surface area contributed by atoms with Gasteiger partial charge < -0.3 is 15.2 Å². The Balaban J connectivity index is 2.25. The number of nitriles is 1. The van der Waals surface area contributed by atoms with Crippen LogP contribution in [0.15, 0.2) is 48.0 Å². The summed E-state index contributed by atoms with van der Waals surface area (Å²) in [7, 11) is 1.44. The van der Waals surface area contributed by atoms with Crippen molar-refractivity contribution < 1.29 is 14.6 Å². The maximum absolute atomic E-state index is 12.2. The van der Waals surface area contributed by atoms with Crippen molar-refractivity contribution >= 4 is 40.3 Å². The van der Waals surface area contributed by atoms with Crippen LogP contribution in [-0.4, -0.2) is 18.1 Å². The Hall–Kier alpha value is -2.53. The highest BCUT2D eigenvalue weighted by atomic mass is 127. The number of para-hydroxylation sites is 1. The molecule has 0 atom stereocenters. The zero-order valence-corrected chi connectivity index (χ0v) is 14.4. The van der Waals surface area contributed by atoms with Gasteiger partial charge in [-0.3, -0.25) is 4.79 Å². The van der Waals surface area contributed by atoms with Crippen LogP contribution in [0.25, 0.3) is 6.08 Å². The molecule has 116 valence electrons. The predicted octanol–water partition coefficient (Wildman–Crippen LogP) is 3.55. The van der Waals surface area contributed by atoms with Gasteiger partial charge in [0.1, 0.15) is 11.6 Å². The lowest BCUT2D eigenvalue weighted by Crippen LogP contribution is -2.14. The number of phenolic OH excluding ortho intramolecular Hbond substituents is 1. The number of nitrogens with one attached hydrogen (secondary N) is 1. The molecule has 0 unspecified atom stereocenters. The SMILES string of the molecule is COc1ccc(/C=C(/C#N)C(=O)Nc2ccccc2I)cc1O. The number of anilines is 1. The third kappa shape index (κ3) is 4.23. The van der Waals surface area contributed by atoms with Gasteiger partial charge in [0, 0.05) is 3.57 Å². The van der Waals surface area contributed by atoms with E-state index in [4.69, 9.17) is 4.74 Å². The number of benzene rings is 2.